The van der Waals surface area contributed by atoms with Crippen LogP contribution in [0.4, 0.5) is 4.39 Å². The summed E-state index contributed by atoms with van der Waals surface area (Å²) in [6, 6.07) is 4.22. The van der Waals surface area contributed by atoms with Crippen LogP contribution in [-0.4, -0.2) is 17.0 Å². The minimum Gasteiger partial charge on any atom is -0.311 e. The van der Waals surface area contributed by atoms with E-state index in [0.717, 1.165) is 0 Å². The highest BCUT2D eigenvalue weighted by Crippen LogP contribution is 2.13. The summed E-state index contributed by atoms with van der Waals surface area (Å²) in [5, 5.41) is 3.21. The van der Waals surface area contributed by atoms with Crippen molar-refractivity contribution in [1.82, 2.24) is 15.3 Å². The molecule has 0 aliphatic rings. The molecule has 0 saturated heterocycles. The van der Waals surface area contributed by atoms with Crippen molar-refractivity contribution in [3.8, 4) is 0 Å². The van der Waals surface area contributed by atoms with Crippen molar-refractivity contribution in [2.75, 3.05) is 7.05 Å². The minimum atomic E-state index is -0.479. The van der Waals surface area contributed by atoms with Gasteiger partial charge in [-0.25, -0.2) is 9.37 Å². The van der Waals surface area contributed by atoms with Crippen molar-refractivity contribution in [2.24, 2.45) is 0 Å². The molecule has 1 aromatic carbocycles. The quantitative estimate of drug-likeness (QED) is 0.804. The molecule has 0 aliphatic carbocycles. The highest BCUT2D eigenvalue weighted by atomic mass is 19.1. The van der Waals surface area contributed by atoms with Gasteiger partial charge < -0.3 is 10.3 Å². The number of nitrogens with one attached hydrogen (secondary N) is 2. The zero-order valence-electron chi connectivity index (χ0n) is 9.04. The highest BCUT2D eigenvalue weighted by molar-refractivity contribution is 5.77. The fraction of sp³-hybridized carbons (Fsp3) is 0.273. The molecule has 1 aromatic heterocycles. The molecule has 1 atom stereocenters. The summed E-state index contributed by atoms with van der Waals surface area (Å²) in [5.74, 6) is -0.0433. The summed E-state index contributed by atoms with van der Waals surface area (Å²) in [4.78, 5) is 18.4. The standard InChI is InChI=1S/C11H12FN3O/c1-6(13-2)10-14-9-7(11(16)15-10)4-3-5-8(9)12/h3-6,13H,1-2H3,(H,14,15,16). The first-order valence-electron chi connectivity index (χ1n) is 4.99. The van der Waals surface area contributed by atoms with E-state index in [9.17, 15) is 9.18 Å². The number of halogens is 1. The van der Waals surface area contributed by atoms with Gasteiger partial charge >= 0.3 is 0 Å². The third kappa shape index (κ3) is 1.69. The van der Waals surface area contributed by atoms with E-state index in [0.29, 0.717) is 5.82 Å². The van der Waals surface area contributed by atoms with Crippen LogP contribution in [0.25, 0.3) is 10.9 Å². The fourth-order valence-electron chi connectivity index (χ4n) is 1.49. The third-order valence-corrected chi connectivity index (χ3v) is 2.55. The van der Waals surface area contributed by atoms with Gasteiger partial charge in [-0.2, -0.15) is 0 Å². The summed E-state index contributed by atoms with van der Waals surface area (Å²) in [6.45, 7) is 1.84. The summed E-state index contributed by atoms with van der Waals surface area (Å²) >= 11 is 0. The van der Waals surface area contributed by atoms with Gasteiger partial charge in [0.2, 0.25) is 0 Å². The lowest BCUT2D eigenvalue weighted by atomic mass is 10.2. The molecule has 1 unspecified atom stereocenters. The van der Waals surface area contributed by atoms with E-state index >= 15 is 0 Å². The van der Waals surface area contributed by atoms with Gasteiger partial charge in [0.25, 0.3) is 5.56 Å². The van der Waals surface area contributed by atoms with Crippen molar-refractivity contribution in [3.05, 3.63) is 40.2 Å². The number of rotatable bonds is 2. The maximum absolute atomic E-state index is 13.5. The Morgan fingerprint density at radius 2 is 2.25 bits per heavy atom. The molecule has 2 rings (SSSR count). The molecule has 2 aromatic rings. The number of benzene rings is 1. The predicted molar refractivity (Wildman–Crippen MR) is 59.8 cm³/mol. The largest absolute Gasteiger partial charge is 0.311 e. The number of hydrogen-bond acceptors (Lipinski definition) is 3. The van der Waals surface area contributed by atoms with E-state index in [1.165, 1.54) is 12.1 Å². The van der Waals surface area contributed by atoms with E-state index in [4.69, 9.17) is 0 Å². The average Bonchev–Trinajstić information content (AvgIpc) is 2.29. The topological polar surface area (TPSA) is 57.8 Å². The molecule has 0 aliphatic heterocycles. The van der Waals surface area contributed by atoms with E-state index < -0.39 is 5.82 Å². The van der Waals surface area contributed by atoms with Gasteiger partial charge in [-0.15, -0.1) is 0 Å². The van der Waals surface area contributed by atoms with Crippen LogP contribution < -0.4 is 10.9 Å². The number of para-hydroxylation sites is 1. The first kappa shape index (κ1) is 10.8. The van der Waals surface area contributed by atoms with Gasteiger partial charge in [-0.3, -0.25) is 4.79 Å². The zero-order valence-corrected chi connectivity index (χ0v) is 9.04. The number of fused-ring (bicyclic) bond motifs is 1. The van der Waals surface area contributed by atoms with Gasteiger partial charge in [-0.1, -0.05) is 6.07 Å². The normalized spacial score (nSPS) is 12.9. The molecule has 0 radical (unpaired) electrons. The number of aromatic nitrogens is 2. The number of nitrogens with zero attached hydrogens (tertiary/aromatic N) is 1. The maximum atomic E-state index is 13.5. The van der Waals surface area contributed by atoms with E-state index in [2.05, 4.69) is 15.3 Å². The summed E-state index contributed by atoms with van der Waals surface area (Å²) < 4.78 is 13.5. The molecule has 1 heterocycles. The molecular weight excluding hydrogens is 209 g/mol. The molecule has 16 heavy (non-hydrogen) atoms. The van der Waals surface area contributed by atoms with Gasteiger partial charge in [0.05, 0.1) is 11.4 Å². The smallest absolute Gasteiger partial charge is 0.258 e. The Hall–Kier alpha value is -1.75. The summed E-state index contributed by atoms with van der Waals surface area (Å²) in [5.41, 5.74) is -0.204. The van der Waals surface area contributed by atoms with E-state index in [-0.39, 0.29) is 22.5 Å². The Morgan fingerprint density at radius 1 is 1.50 bits per heavy atom. The monoisotopic (exact) mass is 221 g/mol. The lowest BCUT2D eigenvalue weighted by Crippen LogP contribution is -2.20. The number of hydrogen-bond donors (Lipinski definition) is 2. The van der Waals surface area contributed by atoms with Crippen LogP contribution in [0.1, 0.15) is 18.8 Å². The van der Waals surface area contributed by atoms with Gasteiger partial charge in [-0.05, 0) is 26.1 Å². The van der Waals surface area contributed by atoms with E-state index in [1.54, 1.807) is 13.1 Å². The predicted octanol–water partition coefficient (Wildman–Crippen LogP) is 1.34. The molecule has 4 nitrogen and oxygen atoms in total. The number of H-pyrrole nitrogens is 1. The Kier molecular flexibility index (Phi) is 2.70. The zero-order chi connectivity index (χ0) is 11.7. The maximum Gasteiger partial charge on any atom is 0.258 e. The third-order valence-electron chi connectivity index (χ3n) is 2.55. The van der Waals surface area contributed by atoms with Crippen LogP contribution in [0.3, 0.4) is 0 Å². The highest BCUT2D eigenvalue weighted by Gasteiger charge is 2.11. The van der Waals surface area contributed by atoms with Crippen LogP contribution >= 0.6 is 0 Å². The number of aromatic amines is 1. The van der Waals surface area contributed by atoms with Crippen molar-refractivity contribution < 1.29 is 4.39 Å². The molecule has 0 amide bonds. The Labute approximate surface area is 91.5 Å². The molecule has 5 heteroatoms. The van der Waals surface area contributed by atoms with Crippen LogP contribution in [0.5, 0.6) is 0 Å². The summed E-state index contributed by atoms with van der Waals surface area (Å²) in [6.07, 6.45) is 0. The molecule has 0 fully saturated rings. The SMILES string of the molecule is CNC(C)c1nc2c(F)cccc2c(=O)[nH]1. The second-order valence-corrected chi connectivity index (χ2v) is 3.60. The van der Waals surface area contributed by atoms with Crippen molar-refractivity contribution >= 4 is 10.9 Å². The molecule has 84 valence electrons. The van der Waals surface area contributed by atoms with Crippen LogP contribution in [0.15, 0.2) is 23.0 Å². The molecule has 0 saturated carbocycles. The first-order chi connectivity index (χ1) is 7.63. The van der Waals surface area contributed by atoms with Crippen molar-refractivity contribution in [3.63, 3.8) is 0 Å². The lowest BCUT2D eigenvalue weighted by molar-refractivity contribution is 0.603. The van der Waals surface area contributed by atoms with Crippen molar-refractivity contribution in [2.45, 2.75) is 13.0 Å². The summed E-state index contributed by atoms with van der Waals surface area (Å²) in [7, 11) is 1.75. The fourth-order valence-corrected chi connectivity index (χ4v) is 1.49. The molecule has 2 N–H and O–H groups in total. The minimum absolute atomic E-state index is 0.114. The Morgan fingerprint density at radius 3 is 2.94 bits per heavy atom. The van der Waals surface area contributed by atoms with Crippen LogP contribution in [-0.2, 0) is 0 Å². The Bertz CT molecular complexity index is 579. The average molecular weight is 221 g/mol. The van der Waals surface area contributed by atoms with Gasteiger partial charge in [0, 0.05) is 0 Å². The van der Waals surface area contributed by atoms with E-state index in [1.807, 2.05) is 6.92 Å². The van der Waals surface area contributed by atoms with Crippen molar-refractivity contribution in [1.29, 1.82) is 0 Å². The van der Waals surface area contributed by atoms with Crippen LogP contribution in [0, 0.1) is 5.82 Å². The molecule has 0 bridgehead atoms. The lowest BCUT2D eigenvalue weighted by Gasteiger charge is -2.09. The van der Waals surface area contributed by atoms with Gasteiger partial charge in [0.15, 0.2) is 0 Å². The second-order valence-electron chi connectivity index (χ2n) is 3.60. The molecule has 0 spiro atoms. The second kappa shape index (κ2) is 4.02. The first-order valence-corrected chi connectivity index (χ1v) is 4.99. The van der Waals surface area contributed by atoms with Gasteiger partial charge in [0.1, 0.15) is 17.2 Å². The Balaban J connectivity index is 2.75. The molecular formula is C11H12FN3O. The van der Waals surface area contributed by atoms with Crippen LogP contribution in [0.2, 0.25) is 0 Å².